The summed E-state index contributed by atoms with van der Waals surface area (Å²) in [6, 6.07) is 7.61. The van der Waals surface area contributed by atoms with E-state index < -0.39 is 0 Å². The molecule has 0 saturated heterocycles. The van der Waals surface area contributed by atoms with Crippen LogP contribution in [0, 0.1) is 25.2 Å². The van der Waals surface area contributed by atoms with Crippen molar-refractivity contribution in [2.75, 3.05) is 5.73 Å². The Labute approximate surface area is 126 Å². The van der Waals surface area contributed by atoms with E-state index in [4.69, 9.17) is 11.0 Å². The summed E-state index contributed by atoms with van der Waals surface area (Å²) in [6.45, 7) is 6.08. The van der Waals surface area contributed by atoms with Gasteiger partial charge in [0.2, 0.25) is 5.95 Å². The van der Waals surface area contributed by atoms with Crippen molar-refractivity contribution in [3.05, 3.63) is 39.3 Å². The smallest absolute Gasteiger partial charge is 0.201 e. The van der Waals surface area contributed by atoms with E-state index in [1.165, 1.54) is 4.88 Å². The Kier molecular flexibility index (Phi) is 3.15. The molecule has 0 amide bonds. The van der Waals surface area contributed by atoms with Crippen molar-refractivity contribution in [2.24, 2.45) is 0 Å². The van der Waals surface area contributed by atoms with Crippen molar-refractivity contribution < 1.29 is 0 Å². The number of thiazole rings is 1. The summed E-state index contributed by atoms with van der Waals surface area (Å²) in [5.41, 5.74) is 9.40. The summed E-state index contributed by atoms with van der Waals surface area (Å²) in [7, 11) is 0. The number of nitrogens with zero attached hydrogens (tertiary/aromatic N) is 4. The molecule has 2 N–H and O–H groups in total. The van der Waals surface area contributed by atoms with E-state index >= 15 is 0 Å². The highest BCUT2D eigenvalue weighted by atomic mass is 32.1. The van der Waals surface area contributed by atoms with Gasteiger partial charge in [0.15, 0.2) is 0 Å². The molecule has 106 valence electrons. The minimum Gasteiger partial charge on any atom is -0.369 e. The molecule has 1 unspecified atom stereocenters. The molecule has 0 fully saturated rings. The maximum absolute atomic E-state index is 9.08. The van der Waals surface area contributed by atoms with Gasteiger partial charge in [-0.25, -0.2) is 9.97 Å². The molecular formula is C15H15N5S. The van der Waals surface area contributed by atoms with Crippen LogP contribution in [-0.4, -0.2) is 14.5 Å². The molecule has 3 aromatic rings. The Morgan fingerprint density at radius 2 is 2.10 bits per heavy atom. The Bertz CT molecular complexity index is 868. The van der Waals surface area contributed by atoms with Gasteiger partial charge in [0.1, 0.15) is 0 Å². The summed E-state index contributed by atoms with van der Waals surface area (Å²) in [6.07, 6.45) is 0. The number of hydrogen-bond acceptors (Lipinski definition) is 5. The van der Waals surface area contributed by atoms with Gasteiger partial charge in [0, 0.05) is 0 Å². The van der Waals surface area contributed by atoms with Crippen LogP contribution in [0.3, 0.4) is 0 Å². The standard InChI is InChI=1S/C15H15N5S/c1-8-14(21-10(3)18-8)9(2)20-13-6-11(7-16)4-5-12(13)19-15(20)17/h4-6,9H,1-3H3,(H2,17,19). The number of aromatic nitrogens is 3. The second-order valence-electron chi connectivity index (χ2n) is 5.01. The summed E-state index contributed by atoms with van der Waals surface area (Å²) in [4.78, 5) is 10.0. The number of benzene rings is 1. The second kappa shape index (κ2) is 4.86. The molecule has 2 aromatic heterocycles. The zero-order chi connectivity index (χ0) is 15.1. The van der Waals surface area contributed by atoms with E-state index in [-0.39, 0.29) is 6.04 Å². The van der Waals surface area contributed by atoms with Gasteiger partial charge < -0.3 is 10.3 Å². The van der Waals surface area contributed by atoms with Gasteiger partial charge in [-0.15, -0.1) is 11.3 Å². The lowest BCUT2D eigenvalue weighted by atomic mass is 10.2. The first-order valence-corrected chi connectivity index (χ1v) is 7.44. The lowest BCUT2D eigenvalue weighted by molar-refractivity contribution is 0.674. The topological polar surface area (TPSA) is 80.5 Å². The minimum atomic E-state index is 0.0372. The quantitative estimate of drug-likeness (QED) is 0.787. The lowest BCUT2D eigenvalue weighted by Gasteiger charge is -2.15. The number of anilines is 1. The largest absolute Gasteiger partial charge is 0.369 e. The van der Waals surface area contributed by atoms with E-state index in [1.807, 2.05) is 30.5 Å². The predicted molar refractivity (Wildman–Crippen MR) is 84.3 cm³/mol. The Morgan fingerprint density at radius 3 is 2.71 bits per heavy atom. The molecule has 1 aromatic carbocycles. The van der Waals surface area contributed by atoms with Crippen LogP contribution < -0.4 is 5.73 Å². The highest BCUT2D eigenvalue weighted by Crippen LogP contribution is 2.32. The fourth-order valence-corrected chi connectivity index (χ4v) is 3.61. The van der Waals surface area contributed by atoms with Crippen LogP contribution in [0.4, 0.5) is 5.95 Å². The average Bonchev–Trinajstić information content (AvgIpc) is 2.95. The number of rotatable bonds is 2. The number of nitriles is 1. The number of aryl methyl sites for hydroxylation is 2. The average molecular weight is 297 g/mol. The maximum atomic E-state index is 9.08. The van der Waals surface area contributed by atoms with Gasteiger partial charge in [-0.3, -0.25) is 0 Å². The third kappa shape index (κ3) is 2.16. The predicted octanol–water partition coefficient (Wildman–Crippen LogP) is 3.17. The molecule has 5 nitrogen and oxygen atoms in total. The van der Waals surface area contributed by atoms with Gasteiger partial charge in [-0.1, -0.05) is 0 Å². The molecule has 0 radical (unpaired) electrons. The highest BCUT2D eigenvalue weighted by molar-refractivity contribution is 7.11. The van der Waals surface area contributed by atoms with Crippen molar-refractivity contribution in [1.82, 2.24) is 14.5 Å². The lowest BCUT2D eigenvalue weighted by Crippen LogP contribution is -2.10. The molecule has 6 heteroatoms. The molecule has 1 atom stereocenters. The molecule has 3 rings (SSSR count). The Hall–Kier alpha value is -2.39. The number of nitrogen functional groups attached to an aromatic ring is 1. The summed E-state index contributed by atoms with van der Waals surface area (Å²) < 4.78 is 1.97. The second-order valence-corrected chi connectivity index (χ2v) is 6.25. The Morgan fingerprint density at radius 1 is 1.33 bits per heavy atom. The fraction of sp³-hybridized carbons (Fsp3) is 0.267. The van der Waals surface area contributed by atoms with Gasteiger partial charge in [0.05, 0.1) is 44.3 Å². The van der Waals surface area contributed by atoms with Crippen LogP contribution >= 0.6 is 11.3 Å². The van der Waals surface area contributed by atoms with Gasteiger partial charge >= 0.3 is 0 Å². The van der Waals surface area contributed by atoms with Gasteiger partial charge in [-0.05, 0) is 39.0 Å². The highest BCUT2D eigenvalue weighted by Gasteiger charge is 2.20. The SMILES string of the molecule is Cc1nc(C)c(C(C)n2c(N)nc3ccc(C#N)cc32)s1. The summed E-state index contributed by atoms with van der Waals surface area (Å²) in [5.74, 6) is 0.457. The van der Waals surface area contributed by atoms with Crippen molar-refractivity contribution in [3.8, 4) is 6.07 Å². The monoisotopic (exact) mass is 297 g/mol. The fourth-order valence-electron chi connectivity index (χ4n) is 2.64. The zero-order valence-corrected chi connectivity index (χ0v) is 12.9. The summed E-state index contributed by atoms with van der Waals surface area (Å²) >= 11 is 1.67. The normalized spacial score (nSPS) is 12.5. The first-order chi connectivity index (χ1) is 10.0. The van der Waals surface area contributed by atoms with Crippen LogP contribution in [0.25, 0.3) is 11.0 Å². The number of fused-ring (bicyclic) bond motifs is 1. The molecule has 0 aliphatic rings. The van der Waals surface area contributed by atoms with Crippen LogP contribution in [-0.2, 0) is 0 Å². The number of imidazole rings is 1. The first kappa shape index (κ1) is 13.6. The van der Waals surface area contributed by atoms with E-state index in [0.29, 0.717) is 11.5 Å². The molecule has 0 saturated carbocycles. The third-order valence-electron chi connectivity index (χ3n) is 3.55. The van der Waals surface area contributed by atoms with Gasteiger partial charge in [-0.2, -0.15) is 5.26 Å². The number of nitrogens with two attached hydrogens (primary N) is 1. The third-order valence-corrected chi connectivity index (χ3v) is 4.80. The van der Waals surface area contributed by atoms with E-state index in [0.717, 1.165) is 21.7 Å². The molecule has 0 spiro atoms. The van der Waals surface area contributed by atoms with Gasteiger partial charge in [0.25, 0.3) is 0 Å². The van der Waals surface area contributed by atoms with Crippen molar-refractivity contribution in [3.63, 3.8) is 0 Å². The first-order valence-electron chi connectivity index (χ1n) is 6.62. The van der Waals surface area contributed by atoms with Crippen molar-refractivity contribution in [2.45, 2.75) is 26.8 Å². The molecule has 21 heavy (non-hydrogen) atoms. The van der Waals surface area contributed by atoms with E-state index in [1.54, 1.807) is 17.4 Å². The summed E-state index contributed by atoms with van der Waals surface area (Å²) in [5, 5.41) is 10.1. The van der Waals surface area contributed by atoms with Crippen LogP contribution in [0.15, 0.2) is 18.2 Å². The molecular weight excluding hydrogens is 282 g/mol. The Balaban J connectivity index is 2.21. The minimum absolute atomic E-state index is 0.0372. The van der Waals surface area contributed by atoms with E-state index in [9.17, 15) is 0 Å². The van der Waals surface area contributed by atoms with E-state index in [2.05, 4.69) is 23.0 Å². The number of hydrogen-bond donors (Lipinski definition) is 1. The van der Waals surface area contributed by atoms with Crippen molar-refractivity contribution in [1.29, 1.82) is 5.26 Å². The molecule has 0 aliphatic carbocycles. The molecule has 0 bridgehead atoms. The van der Waals surface area contributed by atoms with Crippen LogP contribution in [0.5, 0.6) is 0 Å². The molecule has 2 heterocycles. The molecule has 0 aliphatic heterocycles. The van der Waals surface area contributed by atoms with Crippen LogP contribution in [0.2, 0.25) is 0 Å². The van der Waals surface area contributed by atoms with Crippen LogP contribution in [0.1, 0.15) is 34.1 Å². The maximum Gasteiger partial charge on any atom is 0.201 e. The zero-order valence-electron chi connectivity index (χ0n) is 12.1. The van der Waals surface area contributed by atoms with Crippen molar-refractivity contribution >= 4 is 28.3 Å².